The van der Waals surface area contributed by atoms with Crippen molar-refractivity contribution >= 4 is 5.69 Å². The van der Waals surface area contributed by atoms with Gasteiger partial charge in [0.25, 0.3) is 0 Å². The SMILES string of the molecule is CC(Nc1c(F)cc(C#N)cc1F)c1cccc(C(F)(F)F)c1. The van der Waals surface area contributed by atoms with E-state index < -0.39 is 35.1 Å². The lowest BCUT2D eigenvalue weighted by atomic mass is 10.0. The van der Waals surface area contributed by atoms with Gasteiger partial charge in [-0.2, -0.15) is 18.4 Å². The molecule has 2 nitrogen and oxygen atoms in total. The van der Waals surface area contributed by atoms with Crippen molar-refractivity contribution in [3.05, 3.63) is 64.7 Å². The zero-order valence-corrected chi connectivity index (χ0v) is 11.9. The number of nitrogens with zero attached hydrogens (tertiary/aromatic N) is 1. The van der Waals surface area contributed by atoms with Crippen LogP contribution in [0.15, 0.2) is 36.4 Å². The number of halogens is 5. The highest BCUT2D eigenvalue weighted by atomic mass is 19.4. The van der Waals surface area contributed by atoms with Crippen LogP contribution in [0, 0.1) is 23.0 Å². The maximum absolute atomic E-state index is 13.8. The van der Waals surface area contributed by atoms with Gasteiger partial charge in [0, 0.05) is 6.04 Å². The van der Waals surface area contributed by atoms with E-state index in [9.17, 15) is 22.0 Å². The number of alkyl halides is 3. The Kier molecular flexibility index (Phi) is 4.55. The van der Waals surface area contributed by atoms with Crippen LogP contribution in [-0.2, 0) is 6.18 Å². The van der Waals surface area contributed by atoms with E-state index >= 15 is 0 Å². The molecule has 2 aromatic carbocycles. The summed E-state index contributed by atoms with van der Waals surface area (Å²) in [7, 11) is 0. The smallest absolute Gasteiger partial charge is 0.374 e. The molecule has 0 aliphatic carbocycles. The predicted molar refractivity (Wildman–Crippen MR) is 74.6 cm³/mol. The van der Waals surface area contributed by atoms with E-state index in [2.05, 4.69) is 5.32 Å². The molecule has 0 aliphatic heterocycles. The van der Waals surface area contributed by atoms with Crippen LogP contribution < -0.4 is 5.32 Å². The molecule has 0 radical (unpaired) electrons. The Balaban J connectivity index is 2.30. The Morgan fingerprint density at radius 2 is 1.70 bits per heavy atom. The van der Waals surface area contributed by atoms with E-state index in [-0.39, 0.29) is 11.1 Å². The number of nitriles is 1. The molecule has 0 spiro atoms. The van der Waals surface area contributed by atoms with Gasteiger partial charge >= 0.3 is 6.18 Å². The third-order valence-corrected chi connectivity index (χ3v) is 3.25. The molecule has 0 amide bonds. The number of rotatable bonds is 3. The summed E-state index contributed by atoms with van der Waals surface area (Å²) in [5, 5.41) is 11.1. The first-order valence-corrected chi connectivity index (χ1v) is 6.55. The summed E-state index contributed by atoms with van der Waals surface area (Å²) in [4.78, 5) is 0. The minimum absolute atomic E-state index is 0.183. The first kappa shape index (κ1) is 16.7. The van der Waals surface area contributed by atoms with Crippen LogP contribution in [0.3, 0.4) is 0 Å². The van der Waals surface area contributed by atoms with Crippen molar-refractivity contribution < 1.29 is 22.0 Å². The van der Waals surface area contributed by atoms with Gasteiger partial charge in [-0.3, -0.25) is 0 Å². The summed E-state index contributed by atoms with van der Waals surface area (Å²) < 4.78 is 65.7. The van der Waals surface area contributed by atoms with Gasteiger partial charge in [0.1, 0.15) is 5.69 Å². The largest absolute Gasteiger partial charge is 0.416 e. The summed E-state index contributed by atoms with van der Waals surface area (Å²) >= 11 is 0. The minimum atomic E-state index is -4.50. The Morgan fingerprint density at radius 3 is 2.22 bits per heavy atom. The van der Waals surface area contributed by atoms with Gasteiger partial charge in [0.05, 0.1) is 17.2 Å². The molecule has 0 bridgehead atoms. The van der Waals surface area contributed by atoms with Crippen LogP contribution in [-0.4, -0.2) is 0 Å². The molecule has 120 valence electrons. The van der Waals surface area contributed by atoms with Gasteiger partial charge < -0.3 is 5.32 Å². The zero-order valence-electron chi connectivity index (χ0n) is 11.9. The monoisotopic (exact) mass is 326 g/mol. The molecule has 1 atom stereocenters. The molecule has 0 fully saturated rings. The molecule has 0 heterocycles. The van der Waals surface area contributed by atoms with Gasteiger partial charge in [-0.15, -0.1) is 0 Å². The normalized spacial score (nSPS) is 12.6. The van der Waals surface area contributed by atoms with Gasteiger partial charge in [0.2, 0.25) is 0 Å². The second kappa shape index (κ2) is 6.24. The Hall–Kier alpha value is -2.62. The third-order valence-electron chi connectivity index (χ3n) is 3.25. The highest BCUT2D eigenvalue weighted by Crippen LogP contribution is 2.32. The van der Waals surface area contributed by atoms with Gasteiger partial charge in [-0.25, -0.2) is 8.78 Å². The number of benzene rings is 2. The lowest BCUT2D eigenvalue weighted by Gasteiger charge is -2.18. The molecule has 23 heavy (non-hydrogen) atoms. The van der Waals surface area contributed by atoms with Crippen molar-refractivity contribution in [3.63, 3.8) is 0 Å². The maximum Gasteiger partial charge on any atom is 0.416 e. The third kappa shape index (κ3) is 3.77. The molecule has 2 rings (SSSR count). The van der Waals surface area contributed by atoms with Gasteiger partial charge in [-0.1, -0.05) is 12.1 Å². The molecule has 7 heteroatoms. The van der Waals surface area contributed by atoms with Crippen LogP contribution in [0.1, 0.15) is 29.7 Å². The molecule has 1 N–H and O–H groups in total. The molecule has 0 saturated carbocycles. The number of hydrogen-bond acceptors (Lipinski definition) is 2. The molecule has 1 unspecified atom stereocenters. The average Bonchev–Trinajstić information content (AvgIpc) is 2.49. The minimum Gasteiger partial charge on any atom is -0.374 e. The second-order valence-electron chi connectivity index (χ2n) is 4.92. The summed E-state index contributed by atoms with van der Waals surface area (Å²) in [6, 6.07) is 7.02. The van der Waals surface area contributed by atoms with Crippen LogP contribution in [0.4, 0.5) is 27.6 Å². The van der Waals surface area contributed by atoms with Gasteiger partial charge in [-0.05, 0) is 36.8 Å². The molecule has 0 aliphatic rings. The fourth-order valence-corrected chi connectivity index (χ4v) is 2.06. The fraction of sp³-hybridized carbons (Fsp3) is 0.188. The van der Waals surface area contributed by atoms with Gasteiger partial charge in [0.15, 0.2) is 11.6 Å². The topological polar surface area (TPSA) is 35.8 Å². The highest BCUT2D eigenvalue weighted by Gasteiger charge is 2.30. The van der Waals surface area contributed by atoms with E-state index in [1.54, 1.807) is 6.07 Å². The van der Waals surface area contributed by atoms with Crippen molar-refractivity contribution in [2.45, 2.75) is 19.1 Å². The fourth-order valence-electron chi connectivity index (χ4n) is 2.06. The Morgan fingerprint density at radius 1 is 1.09 bits per heavy atom. The molecule has 0 saturated heterocycles. The molecular formula is C16H11F5N2. The van der Waals surface area contributed by atoms with Crippen LogP contribution in [0.2, 0.25) is 0 Å². The Bertz CT molecular complexity index is 739. The van der Waals surface area contributed by atoms with Crippen LogP contribution in [0.25, 0.3) is 0 Å². The summed E-state index contributed by atoms with van der Waals surface area (Å²) in [6.45, 7) is 1.48. The van der Waals surface area contributed by atoms with Crippen molar-refractivity contribution in [2.75, 3.05) is 5.32 Å². The molecule has 0 aromatic heterocycles. The summed E-state index contributed by atoms with van der Waals surface area (Å²) in [5.41, 5.74) is -1.29. The van der Waals surface area contributed by atoms with Crippen LogP contribution >= 0.6 is 0 Å². The van der Waals surface area contributed by atoms with Crippen LogP contribution in [0.5, 0.6) is 0 Å². The molecule has 2 aromatic rings. The van der Waals surface area contributed by atoms with Crippen molar-refractivity contribution in [3.8, 4) is 6.07 Å². The van der Waals surface area contributed by atoms with Crippen molar-refractivity contribution in [1.82, 2.24) is 0 Å². The lowest BCUT2D eigenvalue weighted by Crippen LogP contribution is -2.12. The summed E-state index contributed by atoms with van der Waals surface area (Å²) in [5.74, 6) is -1.97. The molecular weight excluding hydrogens is 315 g/mol. The number of hydrogen-bond donors (Lipinski definition) is 1. The highest BCUT2D eigenvalue weighted by molar-refractivity contribution is 5.52. The summed E-state index contributed by atoms with van der Waals surface area (Å²) in [6.07, 6.45) is -4.50. The first-order chi connectivity index (χ1) is 10.7. The lowest BCUT2D eigenvalue weighted by molar-refractivity contribution is -0.137. The quantitative estimate of drug-likeness (QED) is 0.803. The maximum atomic E-state index is 13.8. The van der Waals surface area contributed by atoms with E-state index in [0.717, 1.165) is 24.3 Å². The predicted octanol–water partition coefficient (Wildman–Crippen LogP) is 5.03. The van der Waals surface area contributed by atoms with E-state index in [1.807, 2.05) is 0 Å². The number of nitrogens with one attached hydrogen (secondary N) is 1. The number of anilines is 1. The average molecular weight is 326 g/mol. The zero-order chi connectivity index (χ0) is 17.2. The van der Waals surface area contributed by atoms with E-state index in [1.165, 1.54) is 19.1 Å². The first-order valence-electron chi connectivity index (χ1n) is 6.55. The second-order valence-corrected chi connectivity index (χ2v) is 4.92. The van der Waals surface area contributed by atoms with Crippen molar-refractivity contribution in [1.29, 1.82) is 5.26 Å². The Labute approximate surface area is 129 Å². The van der Waals surface area contributed by atoms with E-state index in [0.29, 0.717) is 0 Å². The van der Waals surface area contributed by atoms with E-state index in [4.69, 9.17) is 5.26 Å². The standard InChI is InChI=1S/C16H11F5N2/c1-9(11-3-2-4-12(7-11)16(19,20)21)23-15-13(17)5-10(8-22)6-14(15)18/h2-7,9,23H,1H3. The van der Waals surface area contributed by atoms with Crippen molar-refractivity contribution in [2.24, 2.45) is 0 Å².